The van der Waals surface area contributed by atoms with Crippen molar-refractivity contribution in [1.82, 2.24) is 0 Å². The lowest BCUT2D eigenvalue weighted by atomic mass is 10.2. The SMILES string of the molecule is CCOC(=O)c1ccc(N2CC(N)CC2=O)cc1. The van der Waals surface area contributed by atoms with E-state index in [0.717, 1.165) is 5.69 Å². The number of amides is 1. The van der Waals surface area contributed by atoms with Crippen LogP contribution in [0.15, 0.2) is 24.3 Å². The molecule has 1 amide bonds. The molecule has 1 atom stereocenters. The maximum Gasteiger partial charge on any atom is 0.338 e. The molecule has 0 aliphatic carbocycles. The molecular formula is C13H16N2O3. The predicted octanol–water partition coefficient (Wildman–Crippen LogP) is 0.927. The molecule has 1 unspecified atom stereocenters. The second kappa shape index (κ2) is 5.18. The molecule has 2 N–H and O–H groups in total. The van der Waals surface area contributed by atoms with Crippen molar-refractivity contribution in [2.24, 2.45) is 5.73 Å². The smallest absolute Gasteiger partial charge is 0.338 e. The minimum Gasteiger partial charge on any atom is -0.462 e. The van der Waals surface area contributed by atoms with E-state index in [4.69, 9.17) is 10.5 Å². The van der Waals surface area contributed by atoms with Crippen LogP contribution < -0.4 is 10.6 Å². The Bertz CT molecular complexity index is 456. The molecule has 1 aliphatic heterocycles. The lowest BCUT2D eigenvalue weighted by molar-refractivity contribution is -0.117. The van der Waals surface area contributed by atoms with Crippen molar-refractivity contribution in [1.29, 1.82) is 0 Å². The third-order valence-corrected chi connectivity index (χ3v) is 2.85. The molecule has 1 aromatic rings. The van der Waals surface area contributed by atoms with E-state index in [1.807, 2.05) is 0 Å². The molecule has 5 heteroatoms. The molecule has 2 rings (SSSR count). The third-order valence-electron chi connectivity index (χ3n) is 2.85. The molecule has 1 aliphatic rings. The van der Waals surface area contributed by atoms with E-state index < -0.39 is 0 Å². The Morgan fingerprint density at radius 3 is 2.61 bits per heavy atom. The molecule has 0 spiro atoms. The molecule has 0 radical (unpaired) electrons. The van der Waals surface area contributed by atoms with Gasteiger partial charge in [-0.05, 0) is 31.2 Å². The maximum atomic E-state index is 11.7. The van der Waals surface area contributed by atoms with Crippen molar-refractivity contribution < 1.29 is 14.3 Å². The number of anilines is 1. The number of ether oxygens (including phenoxy) is 1. The quantitative estimate of drug-likeness (QED) is 0.807. The first-order chi connectivity index (χ1) is 8.61. The van der Waals surface area contributed by atoms with Gasteiger partial charge in [-0.1, -0.05) is 0 Å². The molecule has 0 bridgehead atoms. The third kappa shape index (κ3) is 2.51. The van der Waals surface area contributed by atoms with E-state index in [0.29, 0.717) is 25.1 Å². The minimum atomic E-state index is -0.353. The largest absolute Gasteiger partial charge is 0.462 e. The summed E-state index contributed by atoms with van der Waals surface area (Å²) in [5, 5.41) is 0. The number of carbonyl (C=O) groups excluding carboxylic acids is 2. The van der Waals surface area contributed by atoms with Crippen molar-refractivity contribution in [2.75, 3.05) is 18.1 Å². The van der Waals surface area contributed by atoms with Crippen molar-refractivity contribution in [3.8, 4) is 0 Å². The van der Waals surface area contributed by atoms with Crippen molar-refractivity contribution in [3.05, 3.63) is 29.8 Å². The van der Waals surface area contributed by atoms with Crippen molar-refractivity contribution in [2.45, 2.75) is 19.4 Å². The zero-order chi connectivity index (χ0) is 13.1. The summed E-state index contributed by atoms with van der Waals surface area (Å²) in [4.78, 5) is 24.8. The Kier molecular flexibility index (Phi) is 3.62. The topological polar surface area (TPSA) is 72.6 Å². The predicted molar refractivity (Wildman–Crippen MR) is 67.3 cm³/mol. The number of hydrogen-bond donors (Lipinski definition) is 1. The Balaban J connectivity index is 2.13. The lowest BCUT2D eigenvalue weighted by Crippen LogP contribution is -2.27. The van der Waals surface area contributed by atoms with Gasteiger partial charge < -0.3 is 15.4 Å². The summed E-state index contributed by atoms with van der Waals surface area (Å²) in [5.74, 6) is -0.333. The number of benzene rings is 1. The maximum absolute atomic E-state index is 11.7. The molecule has 96 valence electrons. The summed E-state index contributed by atoms with van der Waals surface area (Å²) in [7, 11) is 0. The Labute approximate surface area is 106 Å². The van der Waals surface area contributed by atoms with Crippen LogP contribution in [0.25, 0.3) is 0 Å². The highest BCUT2D eigenvalue weighted by molar-refractivity contribution is 5.97. The molecule has 1 saturated heterocycles. The van der Waals surface area contributed by atoms with Crippen LogP contribution in [0.3, 0.4) is 0 Å². The summed E-state index contributed by atoms with van der Waals surface area (Å²) < 4.78 is 4.89. The Morgan fingerprint density at radius 2 is 2.11 bits per heavy atom. The highest BCUT2D eigenvalue weighted by atomic mass is 16.5. The number of nitrogens with two attached hydrogens (primary N) is 1. The first kappa shape index (κ1) is 12.6. The molecule has 5 nitrogen and oxygen atoms in total. The van der Waals surface area contributed by atoms with Gasteiger partial charge in [0.15, 0.2) is 0 Å². The number of carbonyl (C=O) groups is 2. The van der Waals surface area contributed by atoms with Gasteiger partial charge in [0.1, 0.15) is 0 Å². The number of rotatable bonds is 3. The summed E-state index contributed by atoms with van der Waals surface area (Å²) >= 11 is 0. The van der Waals surface area contributed by atoms with Gasteiger partial charge in [0.25, 0.3) is 0 Å². The van der Waals surface area contributed by atoms with E-state index in [1.165, 1.54) is 0 Å². The molecular weight excluding hydrogens is 232 g/mol. The fourth-order valence-corrected chi connectivity index (χ4v) is 1.98. The molecule has 18 heavy (non-hydrogen) atoms. The second-order valence-corrected chi connectivity index (χ2v) is 4.24. The van der Waals surface area contributed by atoms with E-state index in [9.17, 15) is 9.59 Å². The first-order valence-corrected chi connectivity index (χ1v) is 5.95. The Hall–Kier alpha value is -1.88. The lowest BCUT2D eigenvalue weighted by Gasteiger charge is -2.16. The molecule has 1 heterocycles. The van der Waals surface area contributed by atoms with Crippen LogP contribution in [0.2, 0.25) is 0 Å². The van der Waals surface area contributed by atoms with E-state index in [-0.39, 0.29) is 17.9 Å². The second-order valence-electron chi connectivity index (χ2n) is 4.24. The van der Waals surface area contributed by atoms with E-state index in [1.54, 1.807) is 36.1 Å². The highest BCUT2D eigenvalue weighted by Crippen LogP contribution is 2.21. The molecule has 1 aromatic carbocycles. The normalized spacial score (nSPS) is 19.1. The van der Waals surface area contributed by atoms with Gasteiger partial charge in [0, 0.05) is 24.7 Å². The van der Waals surface area contributed by atoms with Gasteiger partial charge in [-0.15, -0.1) is 0 Å². The Morgan fingerprint density at radius 1 is 1.44 bits per heavy atom. The highest BCUT2D eigenvalue weighted by Gasteiger charge is 2.27. The van der Waals surface area contributed by atoms with Crippen molar-refractivity contribution >= 4 is 17.6 Å². The zero-order valence-corrected chi connectivity index (χ0v) is 10.3. The first-order valence-electron chi connectivity index (χ1n) is 5.95. The van der Waals surface area contributed by atoms with Gasteiger partial charge in [0.2, 0.25) is 5.91 Å². The van der Waals surface area contributed by atoms with Crippen LogP contribution in [-0.2, 0) is 9.53 Å². The van der Waals surface area contributed by atoms with Crippen LogP contribution >= 0.6 is 0 Å². The fraction of sp³-hybridized carbons (Fsp3) is 0.385. The van der Waals surface area contributed by atoms with Gasteiger partial charge >= 0.3 is 5.97 Å². The molecule has 0 aromatic heterocycles. The standard InChI is InChI=1S/C13H16N2O3/c1-2-18-13(17)9-3-5-11(6-4-9)15-8-10(14)7-12(15)16/h3-6,10H,2,7-8,14H2,1H3. The minimum absolute atomic E-state index is 0.0198. The van der Waals surface area contributed by atoms with Crippen LogP contribution in [-0.4, -0.2) is 31.1 Å². The summed E-state index contributed by atoms with van der Waals surface area (Å²) in [6.45, 7) is 2.63. The fourth-order valence-electron chi connectivity index (χ4n) is 1.98. The summed E-state index contributed by atoms with van der Waals surface area (Å²) in [6.07, 6.45) is 0.375. The summed E-state index contributed by atoms with van der Waals surface area (Å²) in [6, 6.07) is 6.68. The van der Waals surface area contributed by atoms with Crippen LogP contribution in [0.5, 0.6) is 0 Å². The van der Waals surface area contributed by atoms with Gasteiger partial charge in [-0.25, -0.2) is 4.79 Å². The van der Waals surface area contributed by atoms with Crippen LogP contribution in [0, 0.1) is 0 Å². The number of nitrogens with zero attached hydrogens (tertiary/aromatic N) is 1. The summed E-state index contributed by atoms with van der Waals surface area (Å²) in [5.41, 5.74) is 6.98. The average Bonchev–Trinajstić information content (AvgIpc) is 2.69. The van der Waals surface area contributed by atoms with Crippen molar-refractivity contribution in [3.63, 3.8) is 0 Å². The van der Waals surface area contributed by atoms with Gasteiger partial charge in [-0.2, -0.15) is 0 Å². The monoisotopic (exact) mass is 248 g/mol. The van der Waals surface area contributed by atoms with Crippen LogP contribution in [0.4, 0.5) is 5.69 Å². The number of esters is 1. The van der Waals surface area contributed by atoms with E-state index in [2.05, 4.69) is 0 Å². The van der Waals surface area contributed by atoms with E-state index >= 15 is 0 Å². The average molecular weight is 248 g/mol. The molecule has 1 fully saturated rings. The number of hydrogen-bond acceptors (Lipinski definition) is 4. The van der Waals surface area contributed by atoms with Crippen LogP contribution in [0.1, 0.15) is 23.7 Å². The molecule has 0 saturated carbocycles. The van der Waals surface area contributed by atoms with Gasteiger partial charge in [-0.3, -0.25) is 4.79 Å². The zero-order valence-electron chi connectivity index (χ0n) is 10.3. The van der Waals surface area contributed by atoms with Gasteiger partial charge in [0.05, 0.1) is 12.2 Å².